The molecular weight excluding hydrogens is 256 g/mol. The van der Waals surface area contributed by atoms with Crippen molar-refractivity contribution in [3.8, 4) is 0 Å². The molecule has 0 bridgehead atoms. The molecule has 3 heteroatoms. The van der Waals surface area contributed by atoms with Gasteiger partial charge in [0.05, 0.1) is 0 Å². The van der Waals surface area contributed by atoms with Crippen molar-refractivity contribution in [2.45, 2.75) is 43.9 Å². The van der Waals surface area contributed by atoms with E-state index in [-0.39, 0.29) is 0 Å². The van der Waals surface area contributed by atoms with Crippen LogP contribution in [0.2, 0.25) is 0 Å². The highest BCUT2D eigenvalue weighted by Crippen LogP contribution is 2.26. The smallest absolute Gasteiger partial charge is 0.328 e. The van der Waals surface area contributed by atoms with Gasteiger partial charge in [0.15, 0.2) is 0 Å². The van der Waals surface area contributed by atoms with Gasteiger partial charge in [0, 0.05) is 11.0 Å². The number of carbonyl (C=O) groups is 1. The van der Waals surface area contributed by atoms with Crippen LogP contribution in [-0.4, -0.2) is 17.3 Å². The van der Waals surface area contributed by atoms with Crippen LogP contribution >= 0.6 is 11.8 Å². The molecule has 0 fully saturated rings. The first-order valence-electron chi connectivity index (χ1n) is 6.76. The second-order valence-corrected chi connectivity index (χ2v) is 5.36. The number of carboxylic acid groups (broad SMARTS) is 1. The van der Waals surface area contributed by atoms with E-state index in [2.05, 4.69) is 19.1 Å². The molecule has 0 aliphatic heterocycles. The number of aliphatic carboxylic acids is 1. The molecule has 1 aromatic carbocycles. The Balaban J connectivity index is 2.86. The average Bonchev–Trinajstić information content (AvgIpc) is 2.41. The fraction of sp³-hybridized carbons (Fsp3) is 0.438. The molecule has 104 valence electrons. The molecule has 0 unspecified atom stereocenters. The Hall–Kier alpha value is -1.22. The van der Waals surface area contributed by atoms with Crippen LogP contribution < -0.4 is 0 Å². The fourth-order valence-corrected chi connectivity index (χ4v) is 2.71. The first-order valence-corrected chi connectivity index (χ1v) is 7.98. The first-order chi connectivity index (χ1) is 9.19. The largest absolute Gasteiger partial charge is 0.478 e. The molecule has 19 heavy (non-hydrogen) atoms. The van der Waals surface area contributed by atoms with E-state index in [1.54, 1.807) is 17.8 Å². The lowest BCUT2D eigenvalue weighted by Gasteiger charge is -2.10. The summed E-state index contributed by atoms with van der Waals surface area (Å²) in [4.78, 5) is 11.8. The van der Waals surface area contributed by atoms with Crippen molar-refractivity contribution in [1.29, 1.82) is 0 Å². The number of benzene rings is 1. The Morgan fingerprint density at radius 2 is 2.11 bits per heavy atom. The van der Waals surface area contributed by atoms with Crippen LogP contribution in [0.5, 0.6) is 0 Å². The predicted molar refractivity (Wildman–Crippen MR) is 82.7 cm³/mol. The summed E-state index contributed by atoms with van der Waals surface area (Å²) in [5, 5.41) is 8.78. The number of thioether (sulfide) groups is 1. The molecule has 0 saturated heterocycles. The Morgan fingerprint density at radius 3 is 2.74 bits per heavy atom. The van der Waals surface area contributed by atoms with Gasteiger partial charge in [-0.2, -0.15) is 0 Å². The summed E-state index contributed by atoms with van der Waals surface area (Å²) in [5.41, 5.74) is 2.31. The Labute approximate surface area is 119 Å². The zero-order valence-corrected chi connectivity index (χ0v) is 12.5. The summed E-state index contributed by atoms with van der Waals surface area (Å²) in [6.07, 6.45) is 10.9. The van der Waals surface area contributed by atoms with Gasteiger partial charge in [0.2, 0.25) is 0 Å². The van der Waals surface area contributed by atoms with Gasteiger partial charge in [-0.15, -0.1) is 11.8 Å². The van der Waals surface area contributed by atoms with Gasteiger partial charge in [0.25, 0.3) is 0 Å². The number of aryl methyl sites for hydroxylation is 1. The minimum atomic E-state index is -0.896. The molecular formula is C16H22O2S. The van der Waals surface area contributed by atoms with Crippen molar-refractivity contribution in [3.05, 3.63) is 35.4 Å². The summed E-state index contributed by atoms with van der Waals surface area (Å²) in [5.74, 6) is -0.896. The van der Waals surface area contributed by atoms with Gasteiger partial charge in [-0.05, 0) is 42.4 Å². The topological polar surface area (TPSA) is 37.3 Å². The fourth-order valence-electron chi connectivity index (χ4n) is 2.07. The molecule has 2 nitrogen and oxygen atoms in total. The van der Waals surface area contributed by atoms with Crippen molar-refractivity contribution in [1.82, 2.24) is 0 Å². The summed E-state index contributed by atoms with van der Waals surface area (Å²) < 4.78 is 0. The van der Waals surface area contributed by atoms with Gasteiger partial charge < -0.3 is 5.11 Å². The maximum atomic E-state index is 10.7. The second kappa shape index (κ2) is 8.81. The quantitative estimate of drug-likeness (QED) is 0.428. The second-order valence-electron chi connectivity index (χ2n) is 4.52. The first kappa shape index (κ1) is 15.8. The lowest BCUT2D eigenvalue weighted by Crippen LogP contribution is -1.94. The van der Waals surface area contributed by atoms with E-state index in [0.717, 1.165) is 16.9 Å². The third-order valence-electron chi connectivity index (χ3n) is 3.07. The normalized spacial score (nSPS) is 11.1. The minimum absolute atomic E-state index is 0.896. The summed E-state index contributed by atoms with van der Waals surface area (Å²) in [7, 11) is 0. The molecule has 0 amide bonds. The van der Waals surface area contributed by atoms with Crippen LogP contribution in [0.25, 0.3) is 6.08 Å². The molecule has 0 radical (unpaired) electrons. The zero-order chi connectivity index (χ0) is 14.1. The number of carboxylic acids is 1. The van der Waals surface area contributed by atoms with Gasteiger partial charge in [-0.3, -0.25) is 0 Å². The van der Waals surface area contributed by atoms with Crippen molar-refractivity contribution in [3.63, 3.8) is 0 Å². The maximum Gasteiger partial charge on any atom is 0.328 e. The molecule has 1 rings (SSSR count). The van der Waals surface area contributed by atoms with Crippen LogP contribution in [-0.2, 0) is 11.2 Å². The molecule has 0 spiro atoms. The monoisotopic (exact) mass is 278 g/mol. The Morgan fingerprint density at radius 1 is 1.32 bits per heavy atom. The lowest BCUT2D eigenvalue weighted by molar-refractivity contribution is -0.131. The third-order valence-corrected chi connectivity index (χ3v) is 3.86. The number of hydrogen-bond donors (Lipinski definition) is 1. The number of rotatable bonds is 8. The highest BCUT2D eigenvalue weighted by molar-refractivity contribution is 7.98. The standard InChI is InChI=1S/C16H22O2S/c1-3-4-5-6-8-13-9-7-10-15(19-2)14(13)11-12-16(17)18/h7,9-12H,3-6,8H2,1-2H3,(H,17,18)/b12-11+. The predicted octanol–water partition coefficient (Wildman–Crippen LogP) is 4.63. The van der Waals surface area contributed by atoms with Crippen LogP contribution in [0, 0.1) is 0 Å². The van der Waals surface area contributed by atoms with E-state index < -0.39 is 5.97 Å². The van der Waals surface area contributed by atoms with Gasteiger partial charge in [0.1, 0.15) is 0 Å². The molecule has 0 aliphatic carbocycles. The molecule has 1 N–H and O–H groups in total. The van der Waals surface area contributed by atoms with Crippen molar-refractivity contribution >= 4 is 23.8 Å². The SMILES string of the molecule is CCCCCCc1cccc(SC)c1/C=C/C(=O)O. The van der Waals surface area contributed by atoms with E-state index >= 15 is 0 Å². The van der Waals surface area contributed by atoms with Crippen molar-refractivity contribution < 1.29 is 9.90 Å². The molecule has 0 heterocycles. The van der Waals surface area contributed by atoms with Crippen LogP contribution in [0.1, 0.15) is 43.7 Å². The van der Waals surface area contributed by atoms with E-state index in [1.807, 2.05) is 12.3 Å². The maximum absolute atomic E-state index is 10.7. The molecule has 0 aromatic heterocycles. The Bertz CT molecular complexity index is 438. The van der Waals surface area contributed by atoms with Crippen LogP contribution in [0.3, 0.4) is 0 Å². The van der Waals surface area contributed by atoms with E-state index in [9.17, 15) is 4.79 Å². The zero-order valence-electron chi connectivity index (χ0n) is 11.7. The summed E-state index contributed by atoms with van der Waals surface area (Å²) in [6, 6.07) is 6.20. The van der Waals surface area contributed by atoms with Gasteiger partial charge in [-0.25, -0.2) is 4.79 Å². The van der Waals surface area contributed by atoms with Crippen molar-refractivity contribution in [2.75, 3.05) is 6.26 Å². The molecule has 0 atom stereocenters. The summed E-state index contributed by atoms with van der Waals surface area (Å²) in [6.45, 7) is 2.20. The van der Waals surface area contributed by atoms with Crippen LogP contribution in [0.4, 0.5) is 0 Å². The van der Waals surface area contributed by atoms with Crippen molar-refractivity contribution in [2.24, 2.45) is 0 Å². The van der Waals surface area contributed by atoms with Crippen LogP contribution in [0.15, 0.2) is 29.2 Å². The molecule has 1 aromatic rings. The van der Waals surface area contributed by atoms with Gasteiger partial charge in [-0.1, -0.05) is 38.3 Å². The third kappa shape index (κ3) is 5.52. The summed E-state index contributed by atoms with van der Waals surface area (Å²) >= 11 is 1.66. The molecule has 0 saturated carbocycles. The van der Waals surface area contributed by atoms with E-state index in [4.69, 9.17) is 5.11 Å². The number of unbranched alkanes of at least 4 members (excludes halogenated alkanes) is 3. The van der Waals surface area contributed by atoms with E-state index in [0.29, 0.717) is 0 Å². The number of hydrogen-bond acceptors (Lipinski definition) is 2. The lowest BCUT2D eigenvalue weighted by atomic mass is 10.0. The highest BCUT2D eigenvalue weighted by atomic mass is 32.2. The highest BCUT2D eigenvalue weighted by Gasteiger charge is 2.05. The Kier molecular flexibility index (Phi) is 7.34. The van der Waals surface area contributed by atoms with Gasteiger partial charge >= 0.3 is 5.97 Å². The average molecular weight is 278 g/mol. The van der Waals surface area contributed by atoms with E-state index in [1.165, 1.54) is 37.3 Å². The molecule has 0 aliphatic rings. The minimum Gasteiger partial charge on any atom is -0.478 e.